The van der Waals surface area contributed by atoms with E-state index in [4.69, 9.17) is 16.7 Å². The van der Waals surface area contributed by atoms with E-state index in [1.807, 2.05) is 20.8 Å². The smallest absolute Gasteiger partial charge is 0.305 e. The molecule has 4 N–H and O–H groups in total. The van der Waals surface area contributed by atoms with Crippen molar-refractivity contribution in [2.75, 3.05) is 11.9 Å². The van der Waals surface area contributed by atoms with Gasteiger partial charge >= 0.3 is 5.97 Å². The molecule has 1 aliphatic rings. The Morgan fingerprint density at radius 3 is 2.51 bits per heavy atom. The molecule has 1 aliphatic heterocycles. The molecular formula is C24H33ClN4O6. The molecule has 1 saturated heterocycles. The van der Waals surface area contributed by atoms with Gasteiger partial charge in [-0.15, -0.1) is 0 Å². The number of carbonyl (C=O) groups excluding carboxylic acids is 4. The van der Waals surface area contributed by atoms with Crippen molar-refractivity contribution >= 4 is 47.3 Å². The Labute approximate surface area is 209 Å². The van der Waals surface area contributed by atoms with Crippen LogP contribution in [0.3, 0.4) is 0 Å². The summed E-state index contributed by atoms with van der Waals surface area (Å²) in [5.41, 5.74) is 0.648. The quantitative estimate of drug-likeness (QED) is 0.353. The number of aliphatic carboxylic acids is 1. The van der Waals surface area contributed by atoms with Gasteiger partial charge in [-0.1, -0.05) is 44.5 Å². The van der Waals surface area contributed by atoms with Gasteiger partial charge in [0.15, 0.2) is 0 Å². The van der Waals surface area contributed by atoms with Gasteiger partial charge in [-0.3, -0.25) is 19.2 Å². The van der Waals surface area contributed by atoms with Crippen molar-refractivity contribution in [3.05, 3.63) is 28.8 Å². The summed E-state index contributed by atoms with van der Waals surface area (Å²) in [5.74, 6) is -2.28. The third-order valence-electron chi connectivity index (χ3n) is 5.72. The number of carboxylic acid groups (broad SMARTS) is 1. The summed E-state index contributed by atoms with van der Waals surface area (Å²) in [7, 11) is 0. The molecule has 1 aromatic carbocycles. The minimum absolute atomic E-state index is 0.246. The molecule has 0 bridgehead atoms. The number of aldehydes is 1. The lowest BCUT2D eigenvalue weighted by Crippen LogP contribution is -2.57. The number of benzene rings is 1. The number of hydrogen-bond donors (Lipinski definition) is 4. The maximum absolute atomic E-state index is 13.6. The van der Waals surface area contributed by atoms with Crippen LogP contribution in [0.15, 0.2) is 18.2 Å². The molecule has 10 nitrogen and oxygen atoms in total. The maximum atomic E-state index is 13.6. The number of nitrogens with one attached hydrogen (secondary N) is 3. The molecule has 1 aromatic rings. The fraction of sp³-hybridized carbons (Fsp3) is 0.542. The van der Waals surface area contributed by atoms with E-state index in [0.717, 1.165) is 0 Å². The fourth-order valence-corrected chi connectivity index (χ4v) is 4.29. The lowest BCUT2D eigenvalue weighted by atomic mass is 9.85. The maximum Gasteiger partial charge on any atom is 0.305 e. The van der Waals surface area contributed by atoms with Crippen LogP contribution in [0, 0.1) is 5.41 Å². The van der Waals surface area contributed by atoms with Gasteiger partial charge in [0, 0.05) is 20.0 Å². The summed E-state index contributed by atoms with van der Waals surface area (Å²) < 4.78 is 0. The van der Waals surface area contributed by atoms with Gasteiger partial charge in [-0.2, -0.15) is 0 Å². The van der Waals surface area contributed by atoms with Crippen molar-refractivity contribution in [2.45, 2.75) is 71.6 Å². The van der Waals surface area contributed by atoms with Gasteiger partial charge in [0.1, 0.15) is 12.3 Å². The molecule has 3 atom stereocenters. The van der Waals surface area contributed by atoms with Crippen LogP contribution in [-0.4, -0.2) is 64.7 Å². The Hall–Kier alpha value is -2.98. The minimum Gasteiger partial charge on any atom is -0.481 e. The number of halogens is 1. The molecule has 3 unspecified atom stereocenters. The topological polar surface area (TPSA) is 145 Å². The monoisotopic (exact) mass is 508 g/mol. The van der Waals surface area contributed by atoms with Gasteiger partial charge in [-0.05, 0) is 29.9 Å². The summed E-state index contributed by atoms with van der Waals surface area (Å²) in [4.78, 5) is 61.4. The standard InChI is InChI=1S/C24H33ClN4O6/c1-14(31)27-17-8-5-7-15(20(17)25)12-26-21(24(2,3)4)23(35)29-10-6-9-18(29)22(34)28-16(13-30)11-19(32)33/h5,7-8,13,16,18,21,26H,6,9-12H2,1-4H3,(H,27,31)(H,28,34)(H,32,33). The molecule has 3 amide bonds. The zero-order valence-corrected chi connectivity index (χ0v) is 21.1. The van der Waals surface area contributed by atoms with Crippen LogP contribution in [0.4, 0.5) is 5.69 Å². The molecule has 0 aromatic heterocycles. The molecule has 0 radical (unpaired) electrons. The van der Waals surface area contributed by atoms with Gasteiger partial charge in [0.05, 0.1) is 29.2 Å². The molecule has 192 valence electrons. The van der Waals surface area contributed by atoms with Crippen LogP contribution in [0.5, 0.6) is 0 Å². The van der Waals surface area contributed by atoms with E-state index < -0.39 is 41.8 Å². The molecule has 1 fully saturated rings. The summed E-state index contributed by atoms with van der Waals surface area (Å²) in [6, 6.07) is 2.61. The largest absolute Gasteiger partial charge is 0.481 e. The number of carboxylic acids is 1. The zero-order valence-electron chi connectivity index (χ0n) is 20.4. The second kappa shape index (κ2) is 12.1. The van der Waals surface area contributed by atoms with Gasteiger partial charge in [-0.25, -0.2) is 0 Å². The van der Waals surface area contributed by atoms with Crippen molar-refractivity contribution < 1.29 is 29.1 Å². The predicted molar refractivity (Wildman–Crippen MR) is 131 cm³/mol. The molecule has 0 spiro atoms. The first-order valence-corrected chi connectivity index (χ1v) is 11.8. The molecule has 11 heteroatoms. The number of likely N-dealkylation sites (tertiary alicyclic amines) is 1. The minimum atomic E-state index is -1.21. The summed E-state index contributed by atoms with van der Waals surface area (Å²) in [6.45, 7) is 7.71. The van der Waals surface area contributed by atoms with Crippen molar-refractivity contribution in [3.8, 4) is 0 Å². The normalized spacial score (nSPS) is 17.4. The molecule has 35 heavy (non-hydrogen) atoms. The molecule has 1 heterocycles. The van der Waals surface area contributed by atoms with Crippen molar-refractivity contribution in [1.29, 1.82) is 0 Å². The molecule has 0 saturated carbocycles. The number of anilines is 1. The average Bonchev–Trinajstić information content (AvgIpc) is 3.24. The first-order valence-electron chi connectivity index (χ1n) is 11.4. The van der Waals surface area contributed by atoms with Gasteiger partial charge in [0.25, 0.3) is 0 Å². The molecule has 0 aliphatic carbocycles. The van der Waals surface area contributed by atoms with Crippen LogP contribution in [0.25, 0.3) is 0 Å². The molecular weight excluding hydrogens is 476 g/mol. The first kappa shape index (κ1) is 28.3. The van der Waals surface area contributed by atoms with Gasteiger partial charge in [0.2, 0.25) is 17.7 Å². The predicted octanol–water partition coefficient (Wildman–Crippen LogP) is 1.95. The highest BCUT2D eigenvalue weighted by atomic mass is 35.5. The van der Waals surface area contributed by atoms with Crippen LogP contribution in [-0.2, 0) is 30.5 Å². The second-order valence-electron chi connectivity index (χ2n) is 9.68. The fourth-order valence-electron chi connectivity index (χ4n) is 4.05. The Morgan fingerprint density at radius 2 is 1.94 bits per heavy atom. The van der Waals surface area contributed by atoms with Crippen molar-refractivity contribution in [1.82, 2.24) is 15.5 Å². The Balaban J connectivity index is 2.18. The Kier molecular flexibility index (Phi) is 9.79. The highest BCUT2D eigenvalue weighted by molar-refractivity contribution is 6.34. The van der Waals surface area contributed by atoms with E-state index >= 15 is 0 Å². The van der Waals surface area contributed by atoms with Crippen LogP contribution in [0.1, 0.15) is 52.5 Å². The third-order valence-corrected chi connectivity index (χ3v) is 6.17. The lowest BCUT2D eigenvalue weighted by molar-refractivity contribution is -0.143. The van der Waals surface area contributed by atoms with E-state index in [1.54, 1.807) is 18.2 Å². The van der Waals surface area contributed by atoms with Crippen LogP contribution < -0.4 is 16.0 Å². The average molecular weight is 509 g/mol. The number of nitrogens with zero attached hydrogens (tertiary/aromatic N) is 1. The SMILES string of the molecule is CC(=O)Nc1cccc(CNC(C(=O)N2CCCC2C(=O)NC(C=O)CC(=O)O)C(C)(C)C)c1Cl. The molecule has 2 rings (SSSR count). The Bertz CT molecular complexity index is 977. The third kappa shape index (κ3) is 7.76. The summed E-state index contributed by atoms with van der Waals surface area (Å²) in [5, 5.41) is 17.6. The van der Waals surface area contributed by atoms with Gasteiger partial charge < -0.3 is 30.8 Å². The highest BCUT2D eigenvalue weighted by Crippen LogP contribution is 2.29. The number of amides is 3. The van der Waals surface area contributed by atoms with Crippen LogP contribution in [0.2, 0.25) is 5.02 Å². The Morgan fingerprint density at radius 1 is 1.26 bits per heavy atom. The highest BCUT2D eigenvalue weighted by Gasteiger charge is 2.41. The van der Waals surface area contributed by atoms with E-state index in [1.165, 1.54) is 11.8 Å². The number of hydrogen-bond acceptors (Lipinski definition) is 6. The first-order chi connectivity index (χ1) is 16.3. The summed E-state index contributed by atoms with van der Waals surface area (Å²) >= 11 is 6.45. The van der Waals surface area contributed by atoms with E-state index in [9.17, 15) is 24.0 Å². The van der Waals surface area contributed by atoms with Crippen molar-refractivity contribution in [3.63, 3.8) is 0 Å². The lowest BCUT2D eigenvalue weighted by Gasteiger charge is -2.36. The van der Waals surface area contributed by atoms with Crippen LogP contribution >= 0.6 is 11.6 Å². The number of carbonyl (C=O) groups is 5. The van der Waals surface area contributed by atoms with Crippen molar-refractivity contribution in [2.24, 2.45) is 5.41 Å². The summed E-state index contributed by atoms with van der Waals surface area (Å²) in [6.07, 6.45) is 0.875. The van der Waals surface area contributed by atoms with E-state index in [-0.39, 0.29) is 18.4 Å². The zero-order chi connectivity index (χ0) is 26.3. The van der Waals surface area contributed by atoms with E-state index in [2.05, 4.69) is 16.0 Å². The second-order valence-corrected chi connectivity index (χ2v) is 10.1. The van der Waals surface area contributed by atoms with E-state index in [0.29, 0.717) is 41.9 Å². The number of rotatable bonds is 10.